The molecule has 12 heavy (non-hydrogen) atoms. The van der Waals surface area contributed by atoms with Crippen LogP contribution in [0.25, 0.3) is 0 Å². The minimum Gasteiger partial charge on any atom is -0.634 e. The summed E-state index contributed by atoms with van der Waals surface area (Å²) in [7, 11) is 0. The minimum atomic E-state index is 0.368. The van der Waals surface area contributed by atoms with Gasteiger partial charge >= 0.3 is 0 Å². The van der Waals surface area contributed by atoms with Gasteiger partial charge in [-0.1, -0.05) is 18.2 Å². The van der Waals surface area contributed by atoms with Crippen molar-refractivity contribution in [2.45, 2.75) is 11.4 Å². The van der Waals surface area contributed by atoms with Crippen LogP contribution in [0.3, 0.4) is 0 Å². The number of hydrogen-bond acceptors (Lipinski definition) is 2. The second-order valence-corrected chi connectivity index (χ2v) is 4.06. The molecular formula is C9H11NOS. The zero-order chi connectivity index (χ0) is 8.39. The summed E-state index contributed by atoms with van der Waals surface area (Å²) in [6.45, 7) is 1.35. The van der Waals surface area contributed by atoms with E-state index in [1.54, 1.807) is 11.8 Å². The quantitative estimate of drug-likeness (QED) is 0.596. The van der Waals surface area contributed by atoms with Crippen molar-refractivity contribution in [2.24, 2.45) is 0 Å². The van der Waals surface area contributed by atoms with Crippen LogP contribution in [0.5, 0.6) is 0 Å². The highest BCUT2D eigenvalue weighted by Gasteiger charge is 2.10. The van der Waals surface area contributed by atoms with Crippen molar-refractivity contribution >= 4 is 11.8 Å². The molecule has 0 radical (unpaired) electrons. The highest BCUT2D eigenvalue weighted by Crippen LogP contribution is 2.22. The molecule has 3 heteroatoms. The second kappa shape index (κ2) is 3.47. The van der Waals surface area contributed by atoms with Crippen molar-refractivity contribution < 1.29 is 5.06 Å². The fourth-order valence-electron chi connectivity index (χ4n) is 1.37. The van der Waals surface area contributed by atoms with E-state index in [1.165, 1.54) is 10.5 Å². The lowest BCUT2D eigenvalue weighted by Gasteiger charge is -2.19. The maximum Gasteiger partial charge on any atom is 0.104 e. The fourth-order valence-corrected chi connectivity index (χ4v) is 2.42. The van der Waals surface area contributed by atoms with Crippen molar-refractivity contribution in [3.8, 4) is 0 Å². The zero-order valence-corrected chi connectivity index (χ0v) is 7.56. The van der Waals surface area contributed by atoms with Gasteiger partial charge in [-0.3, -0.25) is 0 Å². The smallest absolute Gasteiger partial charge is 0.104 e. The fraction of sp³-hybridized carbons (Fsp3) is 0.333. The first-order valence-electron chi connectivity index (χ1n) is 4.08. The maximum atomic E-state index is 11.2. The minimum absolute atomic E-state index is 0.368. The van der Waals surface area contributed by atoms with E-state index >= 15 is 0 Å². The topological polar surface area (TPSA) is 27.5 Å². The first kappa shape index (κ1) is 8.10. The number of benzene rings is 1. The van der Waals surface area contributed by atoms with Gasteiger partial charge in [-0.2, -0.15) is 0 Å². The van der Waals surface area contributed by atoms with Gasteiger partial charge in [-0.15, -0.1) is 11.8 Å². The molecule has 1 heterocycles. The summed E-state index contributed by atoms with van der Waals surface area (Å²) in [6, 6.07) is 8.17. The van der Waals surface area contributed by atoms with Crippen LogP contribution >= 0.6 is 11.8 Å². The standard InChI is InChI=1S/C9H11NOS/c11-10-5-6-12-9-4-2-1-3-8(9)7-10/h1-4,10H,5-7H2. The summed E-state index contributed by atoms with van der Waals surface area (Å²) in [5, 5.41) is 11.6. The van der Waals surface area contributed by atoms with E-state index < -0.39 is 0 Å². The molecule has 64 valence electrons. The molecule has 0 bridgehead atoms. The van der Waals surface area contributed by atoms with Gasteiger partial charge in [0.2, 0.25) is 0 Å². The first-order valence-corrected chi connectivity index (χ1v) is 5.07. The summed E-state index contributed by atoms with van der Waals surface area (Å²) in [5.41, 5.74) is 1.20. The van der Waals surface area contributed by atoms with Crippen molar-refractivity contribution in [1.82, 2.24) is 0 Å². The van der Waals surface area contributed by atoms with Crippen LogP contribution in [0.2, 0.25) is 0 Å². The molecule has 1 aromatic rings. The third-order valence-corrected chi connectivity index (χ3v) is 3.12. The van der Waals surface area contributed by atoms with E-state index in [0.717, 1.165) is 12.3 Å². The van der Waals surface area contributed by atoms with Crippen LogP contribution in [0.1, 0.15) is 5.56 Å². The van der Waals surface area contributed by atoms with Gasteiger partial charge < -0.3 is 10.3 Å². The lowest BCUT2D eigenvalue weighted by Crippen LogP contribution is -3.06. The Morgan fingerprint density at radius 2 is 2.17 bits per heavy atom. The molecule has 0 saturated heterocycles. The number of nitrogens with one attached hydrogen (secondary N) is 1. The van der Waals surface area contributed by atoms with Gasteiger partial charge in [-0.05, 0) is 6.07 Å². The predicted molar refractivity (Wildman–Crippen MR) is 50.1 cm³/mol. The van der Waals surface area contributed by atoms with Gasteiger partial charge in [0, 0.05) is 16.2 Å². The summed E-state index contributed by atoms with van der Waals surface area (Å²) in [6.07, 6.45) is 0. The van der Waals surface area contributed by atoms with Crippen LogP contribution in [0, 0.1) is 5.21 Å². The SMILES string of the molecule is [O-][NH+]1CCSc2ccccc2C1. The molecule has 0 spiro atoms. The molecular weight excluding hydrogens is 170 g/mol. The first-order chi connectivity index (χ1) is 5.86. The number of thioether (sulfide) groups is 1. The van der Waals surface area contributed by atoms with Crippen molar-refractivity contribution in [3.05, 3.63) is 35.0 Å². The number of hydroxylamine groups is 2. The van der Waals surface area contributed by atoms with Gasteiger partial charge in [-0.25, -0.2) is 0 Å². The maximum absolute atomic E-state index is 11.2. The van der Waals surface area contributed by atoms with Gasteiger partial charge in [0.1, 0.15) is 6.54 Å². The Balaban J connectivity index is 2.31. The summed E-state index contributed by atoms with van der Waals surface area (Å²) >= 11 is 1.79. The van der Waals surface area contributed by atoms with Crippen LogP contribution in [-0.4, -0.2) is 12.3 Å². The Morgan fingerprint density at radius 1 is 1.33 bits per heavy atom. The molecule has 0 amide bonds. The summed E-state index contributed by atoms with van der Waals surface area (Å²) in [5.74, 6) is 0.940. The number of quaternary nitrogens is 1. The lowest BCUT2D eigenvalue weighted by atomic mass is 10.2. The highest BCUT2D eigenvalue weighted by molar-refractivity contribution is 7.99. The molecule has 1 N–H and O–H groups in total. The van der Waals surface area contributed by atoms with E-state index in [9.17, 15) is 5.21 Å². The Labute approximate surface area is 76.2 Å². The molecule has 0 fully saturated rings. The van der Waals surface area contributed by atoms with Gasteiger partial charge in [0.15, 0.2) is 0 Å². The van der Waals surface area contributed by atoms with E-state index in [1.807, 2.05) is 18.2 Å². The average molecular weight is 181 g/mol. The van der Waals surface area contributed by atoms with Crippen LogP contribution in [-0.2, 0) is 6.54 Å². The average Bonchev–Trinajstić information content (AvgIpc) is 2.25. The van der Waals surface area contributed by atoms with Crippen molar-refractivity contribution in [3.63, 3.8) is 0 Å². The number of hydrogen-bond donors (Lipinski definition) is 1. The number of rotatable bonds is 0. The lowest BCUT2D eigenvalue weighted by molar-refractivity contribution is -0.859. The Bertz CT molecular complexity index is 277. The van der Waals surface area contributed by atoms with E-state index in [4.69, 9.17) is 0 Å². The van der Waals surface area contributed by atoms with Gasteiger partial charge in [0.25, 0.3) is 0 Å². The third kappa shape index (κ3) is 1.63. The molecule has 1 aromatic carbocycles. The van der Waals surface area contributed by atoms with E-state index in [-0.39, 0.29) is 0 Å². The normalized spacial score (nSPS) is 22.9. The molecule has 0 aliphatic carbocycles. The largest absolute Gasteiger partial charge is 0.634 e. The number of fused-ring (bicyclic) bond motifs is 1. The second-order valence-electron chi connectivity index (χ2n) is 2.92. The van der Waals surface area contributed by atoms with Crippen molar-refractivity contribution in [2.75, 3.05) is 12.3 Å². The Hall–Kier alpha value is -0.510. The molecule has 0 aromatic heterocycles. The Morgan fingerprint density at radius 3 is 3.08 bits per heavy atom. The van der Waals surface area contributed by atoms with Gasteiger partial charge in [0.05, 0.1) is 6.54 Å². The Kier molecular flexibility index (Phi) is 2.35. The molecule has 2 nitrogen and oxygen atoms in total. The molecule has 1 unspecified atom stereocenters. The molecule has 2 rings (SSSR count). The van der Waals surface area contributed by atoms with Crippen LogP contribution < -0.4 is 5.06 Å². The van der Waals surface area contributed by atoms with Crippen LogP contribution in [0.15, 0.2) is 29.2 Å². The van der Waals surface area contributed by atoms with Crippen LogP contribution in [0.4, 0.5) is 0 Å². The third-order valence-electron chi connectivity index (χ3n) is 2.00. The molecule has 0 saturated carbocycles. The van der Waals surface area contributed by atoms with E-state index in [0.29, 0.717) is 11.6 Å². The van der Waals surface area contributed by atoms with Crippen molar-refractivity contribution in [1.29, 1.82) is 0 Å². The molecule has 1 atom stereocenters. The summed E-state index contributed by atoms with van der Waals surface area (Å²) in [4.78, 5) is 1.28. The monoisotopic (exact) mass is 181 g/mol. The predicted octanol–water partition coefficient (Wildman–Crippen LogP) is 0.675. The highest BCUT2D eigenvalue weighted by atomic mass is 32.2. The zero-order valence-electron chi connectivity index (χ0n) is 6.75. The van der Waals surface area contributed by atoms with E-state index in [2.05, 4.69) is 6.07 Å². The molecule has 1 aliphatic rings. The summed E-state index contributed by atoms with van der Waals surface area (Å²) < 4.78 is 0. The molecule has 1 aliphatic heterocycles.